The second-order valence-corrected chi connectivity index (χ2v) is 5.69. The van der Waals surface area contributed by atoms with Gasteiger partial charge in [0.25, 0.3) is 0 Å². The first-order valence-electron chi connectivity index (χ1n) is 7.23. The van der Waals surface area contributed by atoms with Crippen molar-refractivity contribution in [1.82, 2.24) is 10.2 Å². The number of carbonyl (C=O) groups excluding carboxylic acids is 2. The van der Waals surface area contributed by atoms with E-state index in [-0.39, 0.29) is 18.4 Å². The maximum atomic E-state index is 11.8. The molecule has 0 aliphatic carbocycles. The van der Waals surface area contributed by atoms with Crippen LogP contribution in [0.3, 0.4) is 0 Å². The quantitative estimate of drug-likeness (QED) is 0.846. The molecule has 0 atom stereocenters. The molecule has 5 nitrogen and oxygen atoms in total. The lowest BCUT2D eigenvalue weighted by molar-refractivity contribution is -0.127. The summed E-state index contributed by atoms with van der Waals surface area (Å²) in [6, 6.07) is 7.12. The Hall–Kier alpha value is -2.04. The van der Waals surface area contributed by atoms with Crippen molar-refractivity contribution in [2.75, 3.05) is 26.0 Å². The molecule has 0 heterocycles. The van der Waals surface area contributed by atoms with Gasteiger partial charge in [-0.15, -0.1) is 0 Å². The van der Waals surface area contributed by atoms with Gasteiger partial charge in [-0.25, -0.2) is 4.79 Å². The maximum Gasteiger partial charge on any atom is 0.319 e. The van der Waals surface area contributed by atoms with Gasteiger partial charge in [-0.05, 0) is 24.0 Å². The molecule has 3 amide bonds. The Bertz CT molecular complexity index is 484. The highest BCUT2D eigenvalue weighted by molar-refractivity contribution is 5.91. The fourth-order valence-corrected chi connectivity index (χ4v) is 1.76. The standard InChI is InChI=1S/C16H25N3O2/c1-12(2)9-10-17-16(21)18-14-8-6-5-7-13(14)11-15(20)19(3)4/h5-8,12H,9-11H2,1-4H3,(H2,17,18,21). The SMILES string of the molecule is CC(C)CCNC(=O)Nc1ccccc1CC(=O)N(C)C. The van der Waals surface area contributed by atoms with Gasteiger partial charge >= 0.3 is 6.03 Å². The normalized spacial score (nSPS) is 10.3. The van der Waals surface area contributed by atoms with Gasteiger partial charge in [0.2, 0.25) is 5.91 Å². The molecule has 0 bridgehead atoms. The second-order valence-electron chi connectivity index (χ2n) is 5.69. The van der Waals surface area contributed by atoms with Crippen LogP contribution in [0.5, 0.6) is 0 Å². The van der Waals surface area contributed by atoms with Crippen molar-refractivity contribution in [3.05, 3.63) is 29.8 Å². The first kappa shape index (κ1) is 17.0. The lowest BCUT2D eigenvalue weighted by Crippen LogP contribution is -2.31. The molecule has 0 aliphatic rings. The largest absolute Gasteiger partial charge is 0.349 e. The Kier molecular flexibility index (Phi) is 6.72. The number of nitrogens with one attached hydrogen (secondary N) is 2. The van der Waals surface area contributed by atoms with Crippen LogP contribution in [0.4, 0.5) is 10.5 Å². The molecule has 1 rings (SSSR count). The molecule has 1 aromatic rings. The van der Waals surface area contributed by atoms with E-state index in [4.69, 9.17) is 0 Å². The van der Waals surface area contributed by atoms with Crippen molar-refractivity contribution >= 4 is 17.6 Å². The fourth-order valence-electron chi connectivity index (χ4n) is 1.76. The van der Waals surface area contributed by atoms with Gasteiger partial charge in [-0.3, -0.25) is 4.79 Å². The summed E-state index contributed by atoms with van der Waals surface area (Å²) in [5.41, 5.74) is 1.49. The van der Waals surface area contributed by atoms with Crippen LogP contribution in [0.25, 0.3) is 0 Å². The zero-order chi connectivity index (χ0) is 15.8. The minimum atomic E-state index is -0.236. The summed E-state index contributed by atoms with van der Waals surface area (Å²) in [4.78, 5) is 25.2. The third kappa shape index (κ3) is 6.29. The number of hydrogen-bond acceptors (Lipinski definition) is 2. The van der Waals surface area contributed by atoms with Crippen LogP contribution in [-0.4, -0.2) is 37.5 Å². The number of carbonyl (C=O) groups is 2. The van der Waals surface area contributed by atoms with Gasteiger partial charge in [0.15, 0.2) is 0 Å². The Balaban J connectivity index is 2.62. The number of anilines is 1. The van der Waals surface area contributed by atoms with E-state index in [1.165, 1.54) is 0 Å². The van der Waals surface area contributed by atoms with Crippen molar-refractivity contribution in [3.8, 4) is 0 Å². The summed E-state index contributed by atoms with van der Waals surface area (Å²) in [7, 11) is 3.44. The lowest BCUT2D eigenvalue weighted by atomic mass is 10.1. The molecule has 0 fully saturated rings. The molecule has 0 unspecified atom stereocenters. The molecule has 116 valence electrons. The highest BCUT2D eigenvalue weighted by Gasteiger charge is 2.11. The van der Waals surface area contributed by atoms with E-state index < -0.39 is 0 Å². The van der Waals surface area contributed by atoms with Crippen molar-refractivity contribution < 1.29 is 9.59 Å². The zero-order valence-electron chi connectivity index (χ0n) is 13.3. The molecule has 0 aromatic heterocycles. The van der Waals surface area contributed by atoms with Crippen molar-refractivity contribution in [2.24, 2.45) is 5.92 Å². The molecule has 0 aliphatic heterocycles. The zero-order valence-corrected chi connectivity index (χ0v) is 13.3. The molecule has 1 aromatic carbocycles. The predicted molar refractivity (Wildman–Crippen MR) is 85.3 cm³/mol. The Labute approximate surface area is 126 Å². The molecular formula is C16H25N3O2. The Morgan fingerprint density at radius 2 is 1.86 bits per heavy atom. The van der Waals surface area contributed by atoms with Gasteiger partial charge in [-0.1, -0.05) is 32.0 Å². The molecule has 5 heteroatoms. The third-order valence-corrected chi connectivity index (χ3v) is 3.11. The van der Waals surface area contributed by atoms with E-state index in [0.717, 1.165) is 12.0 Å². The van der Waals surface area contributed by atoms with Crippen molar-refractivity contribution in [1.29, 1.82) is 0 Å². The minimum absolute atomic E-state index is 0.00414. The summed E-state index contributed by atoms with van der Waals surface area (Å²) < 4.78 is 0. The van der Waals surface area contributed by atoms with Gasteiger partial charge in [-0.2, -0.15) is 0 Å². The monoisotopic (exact) mass is 291 g/mol. The number of para-hydroxylation sites is 1. The van der Waals surface area contributed by atoms with Crippen LogP contribution >= 0.6 is 0 Å². The number of urea groups is 1. The molecule has 2 N–H and O–H groups in total. The number of likely N-dealkylation sites (N-methyl/N-ethyl adjacent to an activating group) is 1. The Morgan fingerprint density at radius 1 is 1.19 bits per heavy atom. The number of nitrogens with zero attached hydrogens (tertiary/aromatic N) is 1. The van der Waals surface area contributed by atoms with Crippen LogP contribution in [0.2, 0.25) is 0 Å². The van der Waals surface area contributed by atoms with E-state index in [1.807, 2.05) is 18.2 Å². The number of hydrogen-bond donors (Lipinski definition) is 2. The highest BCUT2D eigenvalue weighted by Crippen LogP contribution is 2.16. The topological polar surface area (TPSA) is 61.4 Å². The summed E-state index contributed by atoms with van der Waals surface area (Å²) in [6.07, 6.45) is 1.21. The molecule has 0 saturated heterocycles. The average Bonchev–Trinajstić information content (AvgIpc) is 2.40. The molecular weight excluding hydrogens is 266 g/mol. The molecule has 0 saturated carbocycles. The molecule has 0 spiro atoms. The number of benzene rings is 1. The highest BCUT2D eigenvalue weighted by atomic mass is 16.2. The van der Waals surface area contributed by atoms with E-state index in [1.54, 1.807) is 25.1 Å². The van der Waals surface area contributed by atoms with Gasteiger partial charge in [0.05, 0.1) is 6.42 Å². The summed E-state index contributed by atoms with van der Waals surface area (Å²) >= 11 is 0. The first-order chi connectivity index (χ1) is 9.90. The summed E-state index contributed by atoms with van der Waals surface area (Å²) in [5, 5.41) is 5.63. The number of rotatable bonds is 6. The van der Waals surface area contributed by atoms with Crippen LogP contribution in [-0.2, 0) is 11.2 Å². The number of amides is 3. The van der Waals surface area contributed by atoms with E-state index in [0.29, 0.717) is 18.2 Å². The molecule has 0 radical (unpaired) electrons. The first-order valence-corrected chi connectivity index (χ1v) is 7.23. The summed E-state index contributed by atoms with van der Waals surface area (Å²) in [5.74, 6) is 0.555. The summed E-state index contributed by atoms with van der Waals surface area (Å²) in [6.45, 7) is 4.87. The predicted octanol–water partition coefficient (Wildman–Crippen LogP) is 2.48. The van der Waals surface area contributed by atoms with Gasteiger partial charge in [0, 0.05) is 26.3 Å². The lowest BCUT2D eigenvalue weighted by Gasteiger charge is -2.14. The van der Waals surface area contributed by atoms with Crippen LogP contribution in [0, 0.1) is 5.92 Å². The van der Waals surface area contributed by atoms with E-state index >= 15 is 0 Å². The van der Waals surface area contributed by atoms with Gasteiger partial charge in [0.1, 0.15) is 0 Å². The van der Waals surface area contributed by atoms with E-state index in [2.05, 4.69) is 24.5 Å². The van der Waals surface area contributed by atoms with Crippen molar-refractivity contribution in [2.45, 2.75) is 26.7 Å². The smallest absolute Gasteiger partial charge is 0.319 e. The van der Waals surface area contributed by atoms with Crippen molar-refractivity contribution in [3.63, 3.8) is 0 Å². The fraction of sp³-hybridized carbons (Fsp3) is 0.500. The van der Waals surface area contributed by atoms with E-state index in [9.17, 15) is 9.59 Å². The van der Waals surface area contributed by atoms with Gasteiger partial charge < -0.3 is 15.5 Å². The van der Waals surface area contributed by atoms with Crippen LogP contribution < -0.4 is 10.6 Å². The maximum absolute atomic E-state index is 11.8. The molecule has 21 heavy (non-hydrogen) atoms. The van der Waals surface area contributed by atoms with Crippen LogP contribution in [0.1, 0.15) is 25.8 Å². The second kappa shape index (κ2) is 8.29. The Morgan fingerprint density at radius 3 is 2.48 bits per heavy atom. The average molecular weight is 291 g/mol. The van der Waals surface area contributed by atoms with Crippen LogP contribution in [0.15, 0.2) is 24.3 Å². The third-order valence-electron chi connectivity index (χ3n) is 3.11. The minimum Gasteiger partial charge on any atom is -0.349 e.